The Kier molecular flexibility index (Phi) is 4.21. The predicted octanol–water partition coefficient (Wildman–Crippen LogP) is 2.59. The summed E-state index contributed by atoms with van der Waals surface area (Å²) in [5.41, 5.74) is 1.08. The van der Waals surface area contributed by atoms with Gasteiger partial charge in [0.1, 0.15) is 5.69 Å². The second-order valence-corrected chi connectivity index (χ2v) is 5.31. The smallest absolute Gasteiger partial charge is 0.293 e. The van der Waals surface area contributed by atoms with Gasteiger partial charge in [0.05, 0.1) is 41.1 Å². The summed E-state index contributed by atoms with van der Waals surface area (Å²) in [4.78, 5) is 10.6. The van der Waals surface area contributed by atoms with Gasteiger partial charge >= 0.3 is 0 Å². The van der Waals surface area contributed by atoms with Crippen LogP contribution < -0.4 is 5.32 Å². The second-order valence-electron chi connectivity index (χ2n) is 5.31. The van der Waals surface area contributed by atoms with E-state index in [0.717, 1.165) is 19.4 Å². The highest BCUT2D eigenvalue weighted by Crippen LogP contribution is 2.28. The molecular formula is C15H15N5O3. The quantitative estimate of drug-likeness (QED) is 0.671. The summed E-state index contributed by atoms with van der Waals surface area (Å²) in [6, 6.07) is 6.20. The number of nitro benzene ring substituents is 1. The van der Waals surface area contributed by atoms with E-state index in [9.17, 15) is 10.1 Å². The Morgan fingerprint density at radius 2 is 2.43 bits per heavy atom. The van der Waals surface area contributed by atoms with E-state index in [-0.39, 0.29) is 17.4 Å². The number of hydrogen-bond acceptors (Lipinski definition) is 6. The van der Waals surface area contributed by atoms with Crippen molar-refractivity contribution in [1.82, 2.24) is 9.78 Å². The second kappa shape index (κ2) is 6.46. The van der Waals surface area contributed by atoms with Crippen LogP contribution in [0.2, 0.25) is 0 Å². The lowest BCUT2D eigenvalue weighted by molar-refractivity contribution is -0.383. The number of rotatable bonds is 5. The monoisotopic (exact) mass is 313 g/mol. The van der Waals surface area contributed by atoms with Crippen molar-refractivity contribution in [3.63, 3.8) is 0 Å². The molecule has 0 spiro atoms. The van der Waals surface area contributed by atoms with Crippen molar-refractivity contribution in [2.24, 2.45) is 0 Å². The summed E-state index contributed by atoms with van der Waals surface area (Å²) < 4.78 is 7.32. The van der Waals surface area contributed by atoms with Crippen LogP contribution in [0.15, 0.2) is 30.6 Å². The Bertz CT molecular complexity index is 759. The van der Waals surface area contributed by atoms with E-state index in [1.165, 1.54) is 18.2 Å². The fourth-order valence-corrected chi connectivity index (χ4v) is 2.54. The van der Waals surface area contributed by atoms with Crippen LogP contribution in [0.25, 0.3) is 0 Å². The first-order valence-electron chi connectivity index (χ1n) is 7.25. The van der Waals surface area contributed by atoms with E-state index < -0.39 is 4.92 Å². The summed E-state index contributed by atoms with van der Waals surface area (Å²) in [5.74, 6) is 0. The third-order valence-electron chi connectivity index (χ3n) is 3.65. The first kappa shape index (κ1) is 15.0. The number of anilines is 2. The van der Waals surface area contributed by atoms with Crippen LogP contribution >= 0.6 is 0 Å². The van der Waals surface area contributed by atoms with Crippen LogP contribution in [0.4, 0.5) is 17.1 Å². The first-order chi connectivity index (χ1) is 11.2. The van der Waals surface area contributed by atoms with E-state index in [0.29, 0.717) is 17.9 Å². The third kappa shape index (κ3) is 3.46. The van der Waals surface area contributed by atoms with Gasteiger partial charge in [-0.05, 0) is 25.0 Å². The highest BCUT2D eigenvalue weighted by atomic mass is 16.6. The fraction of sp³-hybridized carbons (Fsp3) is 0.333. The highest BCUT2D eigenvalue weighted by molar-refractivity contribution is 5.70. The zero-order chi connectivity index (χ0) is 16.2. The molecular weight excluding hydrogens is 298 g/mol. The van der Waals surface area contributed by atoms with Gasteiger partial charge in [-0.2, -0.15) is 10.4 Å². The van der Waals surface area contributed by atoms with E-state index in [1.54, 1.807) is 17.1 Å². The molecule has 8 heteroatoms. The van der Waals surface area contributed by atoms with Gasteiger partial charge in [-0.15, -0.1) is 0 Å². The molecule has 1 aliphatic heterocycles. The Hall–Kier alpha value is -2.92. The van der Waals surface area contributed by atoms with E-state index in [1.807, 2.05) is 6.07 Å². The molecule has 2 heterocycles. The molecule has 3 rings (SSSR count). The first-order valence-corrected chi connectivity index (χ1v) is 7.25. The molecule has 0 unspecified atom stereocenters. The minimum atomic E-state index is -0.514. The van der Waals surface area contributed by atoms with Crippen LogP contribution in [0.3, 0.4) is 0 Å². The molecule has 1 saturated heterocycles. The van der Waals surface area contributed by atoms with Crippen molar-refractivity contribution in [1.29, 1.82) is 5.26 Å². The number of nitro groups is 1. The lowest BCUT2D eigenvalue weighted by Gasteiger charge is -2.08. The van der Waals surface area contributed by atoms with Crippen LogP contribution in [0, 0.1) is 21.4 Å². The number of hydrogen-bond donors (Lipinski definition) is 1. The number of benzene rings is 1. The van der Waals surface area contributed by atoms with E-state index in [2.05, 4.69) is 10.4 Å². The van der Waals surface area contributed by atoms with E-state index >= 15 is 0 Å². The molecule has 0 saturated carbocycles. The Balaban J connectivity index is 1.75. The van der Waals surface area contributed by atoms with Gasteiger partial charge in [0.15, 0.2) is 0 Å². The molecule has 1 aromatic carbocycles. The minimum absolute atomic E-state index is 0.143. The van der Waals surface area contributed by atoms with Crippen LogP contribution in [0.5, 0.6) is 0 Å². The van der Waals surface area contributed by atoms with Crippen molar-refractivity contribution in [2.75, 3.05) is 11.9 Å². The number of nitrogens with one attached hydrogen (secondary N) is 1. The van der Waals surface area contributed by atoms with Crippen LogP contribution in [-0.2, 0) is 11.3 Å². The van der Waals surface area contributed by atoms with Crippen molar-refractivity contribution >= 4 is 17.1 Å². The molecule has 1 aliphatic rings. The van der Waals surface area contributed by atoms with Crippen molar-refractivity contribution in [3.05, 3.63) is 46.3 Å². The third-order valence-corrected chi connectivity index (χ3v) is 3.65. The van der Waals surface area contributed by atoms with Gasteiger partial charge in [0.2, 0.25) is 0 Å². The average molecular weight is 313 g/mol. The molecule has 1 aromatic heterocycles. The number of nitriles is 1. The maximum Gasteiger partial charge on any atom is 0.293 e. The predicted molar refractivity (Wildman–Crippen MR) is 82.3 cm³/mol. The number of nitrogens with zero attached hydrogens (tertiary/aromatic N) is 4. The van der Waals surface area contributed by atoms with Crippen LogP contribution in [-0.4, -0.2) is 27.4 Å². The standard InChI is InChI=1S/C15H15N5O3/c16-7-11-3-4-14(15(6-11)20(21)22)18-12-8-17-19(9-12)10-13-2-1-5-23-13/h3-4,6,8-9,13,18H,1-2,5,10H2/t13-/m1/s1. The van der Waals surface area contributed by atoms with Crippen LogP contribution in [0.1, 0.15) is 18.4 Å². The van der Waals surface area contributed by atoms with Crippen molar-refractivity contribution in [3.8, 4) is 6.07 Å². The lowest BCUT2D eigenvalue weighted by Crippen LogP contribution is -2.15. The largest absolute Gasteiger partial charge is 0.376 e. The van der Waals surface area contributed by atoms with Gasteiger partial charge in [0, 0.05) is 18.9 Å². The maximum atomic E-state index is 11.1. The fourth-order valence-electron chi connectivity index (χ4n) is 2.54. The summed E-state index contributed by atoms with van der Waals surface area (Å²) in [6.07, 6.45) is 5.64. The molecule has 2 aromatic rings. The van der Waals surface area contributed by atoms with Gasteiger partial charge in [-0.1, -0.05) is 0 Å². The molecule has 0 radical (unpaired) electrons. The number of aromatic nitrogens is 2. The summed E-state index contributed by atoms with van der Waals surface area (Å²) >= 11 is 0. The Morgan fingerprint density at radius 1 is 1.57 bits per heavy atom. The van der Waals surface area contributed by atoms with Gasteiger partial charge < -0.3 is 10.1 Å². The molecule has 0 bridgehead atoms. The Morgan fingerprint density at radius 3 is 3.13 bits per heavy atom. The van der Waals surface area contributed by atoms with E-state index in [4.69, 9.17) is 10.00 Å². The topological polar surface area (TPSA) is 106 Å². The van der Waals surface area contributed by atoms with Gasteiger partial charge in [-0.25, -0.2) is 0 Å². The lowest BCUT2D eigenvalue weighted by atomic mass is 10.2. The molecule has 23 heavy (non-hydrogen) atoms. The SMILES string of the molecule is N#Cc1ccc(Nc2cnn(C[C@H]3CCCO3)c2)c([N+](=O)[O-])c1. The van der Waals surface area contributed by atoms with Gasteiger partial charge in [-0.3, -0.25) is 14.8 Å². The molecule has 8 nitrogen and oxygen atoms in total. The summed E-state index contributed by atoms with van der Waals surface area (Å²) in [5, 5.41) is 27.2. The highest BCUT2D eigenvalue weighted by Gasteiger charge is 2.18. The molecule has 1 fully saturated rings. The normalized spacial score (nSPS) is 16.9. The van der Waals surface area contributed by atoms with Gasteiger partial charge in [0.25, 0.3) is 5.69 Å². The zero-order valence-corrected chi connectivity index (χ0v) is 12.3. The molecule has 1 atom stereocenters. The zero-order valence-electron chi connectivity index (χ0n) is 12.3. The number of ether oxygens (including phenoxy) is 1. The maximum absolute atomic E-state index is 11.1. The molecule has 118 valence electrons. The van der Waals surface area contributed by atoms with Crippen molar-refractivity contribution in [2.45, 2.75) is 25.5 Å². The molecule has 1 N–H and O–H groups in total. The molecule has 0 amide bonds. The minimum Gasteiger partial charge on any atom is -0.376 e. The molecule has 0 aliphatic carbocycles. The summed E-state index contributed by atoms with van der Waals surface area (Å²) in [6.45, 7) is 1.45. The average Bonchev–Trinajstić information content (AvgIpc) is 3.20. The summed E-state index contributed by atoms with van der Waals surface area (Å²) in [7, 11) is 0. The Labute approximate surface area is 132 Å². The van der Waals surface area contributed by atoms with Crippen molar-refractivity contribution < 1.29 is 9.66 Å².